The molecule has 0 radical (unpaired) electrons. The van der Waals surface area contributed by atoms with Crippen LogP contribution in [0.15, 0.2) is 18.2 Å². The molecule has 0 aromatic heterocycles. The zero-order valence-electron chi connectivity index (χ0n) is 10.5. The maximum Gasteiger partial charge on any atom is 0.323 e. The van der Waals surface area contributed by atoms with Crippen LogP contribution in [0, 0.1) is 5.82 Å². The summed E-state index contributed by atoms with van der Waals surface area (Å²) < 4.78 is 13.2. The summed E-state index contributed by atoms with van der Waals surface area (Å²) in [7, 11) is 0. The minimum absolute atomic E-state index is 0.0384. The fourth-order valence-electron chi connectivity index (χ4n) is 1.83. The molecule has 100 valence electrons. The Balaban J connectivity index is 2.86. The molecule has 1 aromatic carbocycles. The van der Waals surface area contributed by atoms with E-state index in [1.807, 2.05) is 0 Å². The topological polar surface area (TPSA) is 49.3 Å². The smallest absolute Gasteiger partial charge is 0.323 e. The summed E-state index contributed by atoms with van der Waals surface area (Å²) in [6.07, 6.45) is 0.900. The molecule has 0 aliphatic rings. The lowest BCUT2D eigenvalue weighted by atomic mass is 9.92. The third-order valence-electron chi connectivity index (χ3n) is 3.27. The van der Waals surface area contributed by atoms with Crippen molar-refractivity contribution in [3.63, 3.8) is 0 Å². The van der Waals surface area contributed by atoms with Gasteiger partial charge < -0.3 is 5.11 Å². The van der Waals surface area contributed by atoms with Crippen LogP contribution < -0.4 is 5.32 Å². The van der Waals surface area contributed by atoms with E-state index in [4.69, 9.17) is 11.6 Å². The van der Waals surface area contributed by atoms with Gasteiger partial charge in [0, 0.05) is 6.54 Å². The molecule has 0 heterocycles. The van der Waals surface area contributed by atoms with Crippen molar-refractivity contribution in [3.8, 4) is 0 Å². The Kier molecular flexibility index (Phi) is 5.11. The van der Waals surface area contributed by atoms with Crippen molar-refractivity contribution in [1.82, 2.24) is 5.32 Å². The molecule has 0 aliphatic heterocycles. The Morgan fingerprint density at radius 1 is 1.44 bits per heavy atom. The standard InChI is InChI=1S/C13H17ClFNO2/c1-3-13(4-2,12(17)18)16-8-9-6-5-7-10(15)11(9)14/h5-7,16H,3-4,8H2,1-2H3,(H,17,18). The minimum Gasteiger partial charge on any atom is -0.480 e. The lowest BCUT2D eigenvalue weighted by molar-refractivity contribution is -0.145. The Morgan fingerprint density at radius 3 is 2.56 bits per heavy atom. The molecule has 3 nitrogen and oxygen atoms in total. The second kappa shape index (κ2) is 6.16. The molecule has 5 heteroatoms. The summed E-state index contributed by atoms with van der Waals surface area (Å²) in [5, 5.41) is 12.3. The van der Waals surface area contributed by atoms with Crippen LogP contribution in [0.4, 0.5) is 4.39 Å². The number of carbonyl (C=O) groups is 1. The monoisotopic (exact) mass is 273 g/mol. The van der Waals surface area contributed by atoms with E-state index in [0.717, 1.165) is 0 Å². The Hall–Kier alpha value is -1.13. The highest BCUT2D eigenvalue weighted by molar-refractivity contribution is 6.31. The van der Waals surface area contributed by atoms with Crippen molar-refractivity contribution >= 4 is 17.6 Å². The summed E-state index contributed by atoms with van der Waals surface area (Å²) in [6, 6.07) is 4.50. The van der Waals surface area contributed by atoms with E-state index in [1.54, 1.807) is 26.0 Å². The molecule has 0 fully saturated rings. The highest BCUT2D eigenvalue weighted by Crippen LogP contribution is 2.22. The third-order valence-corrected chi connectivity index (χ3v) is 3.69. The van der Waals surface area contributed by atoms with Gasteiger partial charge >= 0.3 is 5.97 Å². The van der Waals surface area contributed by atoms with Gasteiger partial charge in [0.05, 0.1) is 5.02 Å². The first kappa shape index (κ1) is 14.9. The number of rotatable bonds is 6. The molecule has 2 N–H and O–H groups in total. The number of hydrogen-bond acceptors (Lipinski definition) is 2. The predicted molar refractivity (Wildman–Crippen MR) is 69.2 cm³/mol. The second-order valence-corrected chi connectivity index (χ2v) is 4.54. The van der Waals surface area contributed by atoms with Gasteiger partial charge in [0.25, 0.3) is 0 Å². The van der Waals surface area contributed by atoms with Gasteiger partial charge in [-0.3, -0.25) is 10.1 Å². The van der Waals surface area contributed by atoms with Crippen LogP contribution in [-0.4, -0.2) is 16.6 Å². The molecule has 0 aliphatic carbocycles. The first-order valence-electron chi connectivity index (χ1n) is 5.88. The Labute approximate surface area is 111 Å². The number of nitrogens with one attached hydrogen (secondary N) is 1. The molecule has 0 atom stereocenters. The first-order chi connectivity index (χ1) is 8.46. The van der Waals surface area contributed by atoms with Gasteiger partial charge in [0.1, 0.15) is 11.4 Å². The molecule has 0 saturated carbocycles. The molecule has 0 amide bonds. The summed E-state index contributed by atoms with van der Waals surface area (Å²) in [4.78, 5) is 11.3. The maximum absolute atomic E-state index is 13.2. The SMILES string of the molecule is CCC(CC)(NCc1cccc(F)c1Cl)C(=O)O. The van der Waals surface area contributed by atoms with Crippen LogP contribution >= 0.6 is 11.6 Å². The van der Waals surface area contributed by atoms with Crippen LogP contribution in [0.3, 0.4) is 0 Å². The maximum atomic E-state index is 13.2. The van der Waals surface area contributed by atoms with Gasteiger partial charge in [0.2, 0.25) is 0 Å². The molecule has 1 aromatic rings. The highest BCUT2D eigenvalue weighted by atomic mass is 35.5. The van der Waals surface area contributed by atoms with Crippen LogP contribution in [0.5, 0.6) is 0 Å². The summed E-state index contributed by atoms with van der Waals surface area (Å²) in [5.41, 5.74) is -0.431. The normalized spacial score (nSPS) is 11.6. The largest absolute Gasteiger partial charge is 0.480 e. The highest BCUT2D eigenvalue weighted by Gasteiger charge is 2.34. The molecule has 1 rings (SSSR count). The van der Waals surface area contributed by atoms with E-state index >= 15 is 0 Å². The van der Waals surface area contributed by atoms with Gasteiger partial charge in [0.15, 0.2) is 0 Å². The lowest BCUT2D eigenvalue weighted by Crippen LogP contribution is -2.50. The fraction of sp³-hybridized carbons (Fsp3) is 0.462. The number of halogens is 2. The predicted octanol–water partition coefficient (Wildman–Crippen LogP) is 3.21. The van der Waals surface area contributed by atoms with Crippen LogP contribution in [0.2, 0.25) is 5.02 Å². The quantitative estimate of drug-likeness (QED) is 0.837. The third kappa shape index (κ3) is 3.00. The van der Waals surface area contributed by atoms with Crippen molar-refractivity contribution in [3.05, 3.63) is 34.6 Å². The molecular formula is C13H17ClFNO2. The number of hydrogen-bond donors (Lipinski definition) is 2. The number of aliphatic carboxylic acids is 1. The van der Waals surface area contributed by atoms with Gasteiger partial charge in [-0.2, -0.15) is 0 Å². The van der Waals surface area contributed by atoms with E-state index in [-0.39, 0.29) is 11.6 Å². The minimum atomic E-state index is -0.990. The molecule has 0 saturated heterocycles. The summed E-state index contributed by atoms with van der Waals surface area (Å²) in [5.74, 6) is -1.40. The summed E-state index contributed by atoms with van der Waals surface area (Å²) in [6.45, 7) is 3.83. The van der Waals surface area contributed by atoms with Crippen molar-refractivity contribution in [1.29, 1.82) is 0 Å². The van der Waals surface area contributed by atoms with Gasteiger partial charge in [-0.25, -0.2) is 4.39 Å². The average molecular weight is 274 g/mol. The number of carboxylic acids is 1. The van der Waals surface area contributed by atoms with E-state index in [9.17, 15) is 14.3 Å². The van der Waals surface area contributed by atoms with E-state index < -0.39 is 17.3 Å². The van der Waals surface area contributed by atoms with Crippen LogP contribution in [0.25, 0.3) is 0 Å². The number of benzene rings is 1. The van der Waals surface area contributed by atoms with Crippen LogP contribution in [0.1, 0.15) is 32.3 Å². The van der Waals surface area contributed by atoms with Crippen molar-refractivity contribution < 1.29 is 14.3 Å². The van der Waals surface area contributed by atoms with Crippen molar-refractivity contribution in [2.24, 2.45) is 0 Å². The first-order valence-corrected chi connectivity index (χ1v) is 6.26. The molecule has 0 bridgehead atoms. The zero-order chi connectivity index (χ0) is 13.8. The molecule has 0 spiro atoms. The zero-order valence-corrected chi connectivity index (χ0v) is 11.2. The van der Waals surface area contributed by atoms with Crippen molar-refractivity contribution in [2.45, 2.75) is 38.8 Å². The Bertz CT molecular complexity index is 433. The van der Waals surface area contributed by atoms with Gasteiger partial charge in [-0.15, -0.1) is 0 Å². The van der Waals surface area contributed by atoms with Crippen molar-refractivity contribution in [2.75, 3.05) is 0 Å². The van der Waals surface area contributed by atoms with E-state index in [2.05, 4.69) is 5.32 Å². The van der Waals surface area contributed by atoms with E-state index in [1.165, 1.54) is 6.07 Å². The van der Waals surface area contributed by atoms with E-state index in [0.29, 0.717) is 18.4 Å². The Morgan fingerprint density at radius 2 is 2.06 bits per heavy atom. The molecular weight excluding hydrogens is 257 g/mol. The molecule has 18 heavy (non-hydrogen) atoms. The second-order valence-electron chi connectivity index (χ2n) is 4.16. The van der Waals surface area contributed by atoms with Gasteiger partial charge in [-0.1, -0.05) is 37.6 Å². The van der Waals surface area contributed by atoms with Crippen LogP contribution in [-0.2, 0) is 11.3 Å². The summed E-state index contributed by atoms with van der Waals surface area (Å²) >= 11 is 5.83. The average Bonchev–Trinajstić information content (AvgIpc) is 2.35. The fourth-order valence-corrected chi connectivity index (χ4v) is 2.02. The molecule has 0 unspecified atom stereocenters. The lowest BCUT2D eigenvalue weighted by Gasteiger charge is -2.28. The van der Waals surface area contributed by atoms with Gasteiger partial charge in [-0.05, 0) is 24.5 Å². The number of carboxylic acid groups (broad SMARTS) is 1.